The van der Waals surface area contributed by atoms with E-state index in [1.165, 1.54) is 4.90 Å². The number of amides is 1. The molecule has 2 rings (SSSR count). The van der Waals surface area contributed by atoms with E-state index in [2.05, 4.69) is 12.1 Å². The van der Waals surface area contributed by atoms with Crippen molar-refractivity contribution in [1.29, 1.82) is 0 Å². The Morgan fingerprint density at radius 1 is 1.47 bits per heavy atom. The number of likely N-dealkylation sites (tertiary alicyclic amines) is 1. The highest BCUT2D eigenvalue weighted by Crippen LogP contribution is 2.33. The van der Waals surface area contributed by atoms with Crippen molar-refractivity contribution < 1.29 is 9.53 Å². The maximum absolute atomic E-state index is 11.7. The monoisotopic (exact) mass is 251 g/mol. The van der Waals surface area contributed by atoms with Crippen LogP contribution in [0.15, 0.2) is 35.2 Å². The van der Waals surface area contributed by atoms with Crippen LogP contribution in [0.4, 0.5) is 4.79 Å². The zero-order valence-electron chi connectivity index (χ0n) is 9.96. The third-order valence-electron chi connectivity index (χ3n) is 2.72. The van der Waals surface area contributed by atoms with Crippen LogP contribution in [0, 0.1) is 0 Å². The average molecular weight is 251 g/mol. The molecule has 92 valence electrons. The first-order chi connectivity index (χ1) is 8.31. The van der Waals surface area contributed by atoms with Gasteiger partial charge in [0.2, 0.25) is 0 Å². The second kappa shape index (κ2) is 5.96. The molecule has 0 radical (unpaired) electrons. The third-order valence-corrected chi connectivity index (χ3v) is 4.02. The Labute approximate surface area is 106 Å². The number of hydrogen-bond acceptors (Lipinski definition) is 3. The van der Waals surface area contributed by atoms with E-state index < -0.39 is 0 Å². The minimum atomic E-state index is -0.182. The topological polar surface area (TPSA) is 29.5 Å². The number of nitrogens with zero attached hydrogens (tertiary/aromatic N) is 1. The molecule has 0 saturated carbocycles. The molecule has 0 aliphatic carbocycles. The Bertz CT molecular complexity index is 369. The Kier molecular flexibility index (Phi) is 4.31. The van der Waals surface area contributed by atoms with Crippen LogP contribution in [-0.4, -0.2) is 29.5 Å². The summed E-state index contributed by atoms with van der Waals surface area (Å²) >= 11 is 1.74. The standard InChI is InChI=1S/C13H17NO2S/c1-2-16-13(15)14-10-6-9-12(14)17-11-7-4-3-5-8-11/h3-5,7-8,12H,2,6,9-10H2,1H3. The second-order valence-electron chi connectivity index (χ2n) is 3.92. The van der Waals surface area contributed by atoms with Gasteiger partial charge < -0.3 is 4.74 Å². The fraction of sp³-hybridized carbons (Fsp3) is 0.462. The zero-order valence-corrected chi connectivity index (χ0v) is 10.8. The van der Waals surface area contributed by atoms with E-state index in [4.69, 9.17) is 4.74 Å². The molecule has 17 heavy (non-hydrogen) atoms. The summed E-state index contributed by atoms with van der Waals surface area (Å²) in [6.45, 7) is 3.09. The molecule has 1 unspecified atom stereocenters. The Morgan fingerprint density at radius 2 is 2.24 bits per heavy atom. The number of thioether (sulfide) groups is 1. The maximum Gasteiger partial charge on any atom is 0.410 e. The van der Waals surface area contributed by atoms with E-state index in [0.29, 0.717) is 6.61 Å². The second-order valence-corrected chi connectivity index (χ2v) is 5.17. The molecule has 1 fully saturated rings. The minimum absolute atomic E-state index is 0.182. The molecular formula is C13H17NO2S. The van der Waals surface area contributed by atoms with Crippen LogP contribution in [0.25, 0.3) is 0 Å². The number of benzene rings is 1. The minimum Gasteiger partial charge on any atom is -0.450 e. The van der Waals surface area contributed by atoms with Gasteiger partial charge >= 0.3 is 6.09 Å². The van der Waals surface area contributed by atoms with Crippen molar-refractivity contribution in [3.05, 3.63) is 30.3 Å². The molecule has 1 aliphatic rings. The van der Waals surface area contributed by atoms with Crippen LogP contribution in [0.3, 0.4) is 0 Å². The predicted octanol–water partition coefficient (Wildman–Crippen LogP) is 3.36. The molecule has 0 spiro atoms. The Hall–Kier alpha value is -1.16. The fourth-order valence-electron chi connectivity index (χ4n) is 1.93. The van der Waals surface area contributed by atoms with Gasteiger partial charge in [-0.25, -0.2) is 4.79 Å². The molecule has 3 nitrogen and oxygen atoms in total. The quantitative estimate of drug-likeness (QED) is 0.825. The number of hydrogen-bond donors (Lipinski definition) is 0. The normalized spacial score (nSPS) is 19.4. The first-order valence-corrected chi connectivity index (χ1v) is 6.84. The molecule has 1 heterocycles. The van der Waals surface area contributed by atoms with Crippen LogP contribution in [-0.2, 0) is 4.74 Å². The highest BCUT2D eigenvalue weighted by molar-refractivity contribution is 7.99. The predicted molar refractivity (Wildman–Crippen MR) is 69.0 cm³/mol. The lowest BCUT2D eigenvalue weighted by Crippen LogP contribution is -2.34. The first-order valence-electron chi connectivity index (χ1n) is 5.96. The highest BCUT2D eigenvalue weighted by Gasteiger charge is 2.30. The molecule has 1 atom stereocenters. The van der Waals surface area contributed by atoms with Crippen molar-refractivity contribution in [2.75, 3.05) is 13.2 Å². The molecule has 0 bridgehead atoms. The number of ether oxygens (including phenoxy) is 1. The van der Waals surface area contributed by atoms with Gasteiger partial charge in [-0.05, 0) is 31.9 Å². The SMILES string of the molecule is CCOC(=O)N1CCCC1Sc1ccccc1. The van der Waals surface area contributed by atoms with E-state index in [1.807, 2.05) is 30.0 Å². The molecule has 0 N–H and O–H groups in total. The van der Waals surface area contributed by atoms with Crippen LogP contribution in [0.1, 0.15) is 19.8 Å². The summed E-state index contributed by atoms with van der Waals surface area (Å²) in [6, 6.07) is 10.2. The van der Waals surface area contributed by atoms with E-state index in [1.54, 1.807) is 11.8 Å². The summed E-state index contributed by atoms with van der Waals surface area (Å²) in [5, 5.41) is 0.219. The molecular weight excluding hydrogens is 234 g/mol. The first kappa shape index (κ1) is 12.3. The smallest absolute Gasteiger partial charge is 0.410 e. The van der Waals surface area contributed by atoms with Crippen LogP contribution in [0.2, 0.25) is 0 Å². The van der Waals surface area contributed by atoms with E-state index >= 15 is 0 Å². The van der Waals surface area contributed by atoms with E-state index in [9.17, 15) is 4.79 Å². The third kappa shape index (κ3) is 3.16. The Morgan fingerprint density at radius 3 is 2.94 bits per heavy atom. The lowest BCUT2D eigenvalue weighted by atomic mass is 10.4. The summed E-state index contributed by atoms with van der Waals surface area (Å²) in [5.74, 6) is 0. The lowest BCUT2D eigenvalue weighted by molar-refractivity contribution is 0.112. The van der Waals surface area contributed by atoms with Crippen molar-refractivity contribution in [2.24, 2.45) is 0 Å². The van der Waals surface area contributed by atoms with Crippen molar-refractivity contribution in [1.82, 2.24) is 4.90 Å². The highest BCUT2D eigenvalue weighted by atomic mass is 32.2. The van der Waals surface area contributed by atoms with Gasteiger partial charge in [-0.1, -0.05) is 18.2 Å². The van der Waals surface area contributed by atoms with Gasteiger partial charge in [-0.2, -0.15) is 0 Å². The largest absolute Gasteiger partial charge is 0.450 e. The van der Waals surface area contributed by atoms with E-state index in [-0.39, 0.29) is 11.5 Å². The molecule has 1 saturated heterocycles. The van der Waals surface area contributed by atoms with Gasteiger partial charge in [-0.3, -0.25) is 4.90 Å². The van der Waals surface area contributed by atoms with Crippen LogP contribution in [0.5, 0.6) is 0 Å². The zero-order chi connectivity index (χ0) is 12.1. The van der Waals surface area contributed by atoms with E-state index in [0.717, 1.165) is 19.4 Å². The van der Waals surface area contributed by atoms with Gasteiger partial charge in [0.05, 0.1) is 12.0 Å². The molecule has 4 heteroatoms. The van der Waals surface area contributed by atoms with Gasteiger partial charge in [0.1, 0.15) is 0 Å². The van der Waals surface area contributed by atoms with Crippen molar-refractivity contribution >= 4 is 17.9 Å². The summed E-state index contributed by atoms with van der Waals surface area (Å²) in [6.07, 6.45) is 1.92. The molecule has 1 aromatic carbocycles. The average Bonchev–Trinajstić information content (AvgIpc) is 2.79. The van der Waals surface area contributed by atoms with Gasteiger partial charge in [0.25, 0.3) is 0 Å². The molecule has 1 aromatic rings. The van der Waals surface area contributed by atoms with Gasteiger partial charge in [0.15, 0.2) is 0 Å². The van der Waals surface area contributed by atoms with Crippen LogP contribution >= 0.6 is 11.8 Å². The lowest BCUT2D eigenvalue weighted by Gasteiger charge is -2.23. The van der Waals surface area contributed by atoms with Crippen molar-refractivity contribution in [2.45, 2.75) is 30.0 Å². The van der Waals surface area contributed by atoms with Crippen molar-refractivity contribution in [3.8, 4) is 0 Å². The molecule has 1 aliphatic heterocycles. The number of carbonyl (C=O) groups excluding carboxylic acids is 1. The summed E-state index contributed by atoms with van der Waals surface area (Å²) in [4.78, 5) is 14.8. The summed E-state index contributed by atoms with van der Waals surface area (Å²) < 4.78 is 5.07. The maximum atomic E-state index is 11.7. The molecule has 1 amide bonds. The number of carbonyl (C=O) groups is 1. The van der Waals surface area contributed by atoms with Gasteiger partial charge in [-0.15, -0.1) is 11.8 Å². The fourth-order valence-corrected chi connectivity index (χ4v) is 3.16. The van der Waals surface area contributed by atoms with Gasteiger partial charge in [0, 0.05) is 11.4 Å². The molecule has 0 aromatic heterocycles. The van der Waals surface area contributed by atoms with Crippen molar-refractivity contribution in [3.63, 3.8) is 0 Å². The number of rotatable bonds is 3. The summed E-state index contributed by atoms with van der Waals surface area (Å²) in [5.41, 5.74) is 0. The summed E-state index contributed by atoms with van der Waals surface area (Å²) in [7, 11) is 0. The Balaban J connectivity index is 1.98. The van der Waals surface area contributed by atoms with Crippen LogP contribution < -0.4 is 0 Å².